The lowest BCUT2D eigenvalue weighted by atomic mass is 9.83. The maximum Gasteiger partial charge on any atom is 0.272 e. The Balaban J connectivity index is 1.74. The van der Waals surface area contributed by atoms with Crippen LogP contribution in [0.3, 0.4) is 0 Å². The molecule has 1 heterocycles. The number of aromatic nitrogens is 1. The number of carbonyl (C=O) groups is 1. The molecule has 0 aliphatic heterocycles. The van der Waals surface area contributed by atoms with Gasteiger partial charge < -0.3 is 19.5 Å². The zero-order valence-electron chi connectivity index (χ0n) is 22.1. The highest BCUT2D eigenvalue weighted by atomic mass is 16.5. The molecule has 0 aliphatic carbocycles. The van der Waals surface area contributed by atoms with Gasteiger partial charge in [-0.15, -0.1) is 0 Å². The fraction of sp³-hybridized carbons (Fsp3) is 0.182. The lowest BCUT2D eigenvalue weighted by Crippen LogP contribution is -2.24. The molecule has 0 unspecified atom stereocenters. The molecular formula is C33H33N3O2. The van der Waals surface area contributed by atoms with E-state index in [1.54, 1.807) is 7.11 Å². The highest BCUT2D eigenvalue weighted by Gasteiger charge is 2.30. The first-order chi connectivity index (χ1) is 18.6. The summed E-state index contributed by atoms with van der Waals surface area (Å²) in [5.41, 5.74) is 5.77. The highest BCUT2D eigenvalue weighted by molar-refractivity contribution is 6.09. The summed E-state index contributed by atoms with van der Waals surface area (Å²) in [5.74, 6) is 0.508. The topological polar surface area (TPSA) is 46.5 Å². The van der Waals surface area contributed by atoms with Crippen molar-refractivity contribution in [1.82, 2.24) is 9.47 Å². The second kappa shape index (κ2) is 11.4. The SMILES string of the molecule is COc1ccc(NC(=O)c2c(C(c3ccccc3)c3ccccc3)c3ccccc3n2CCN(C)C)cc1. The number of hydrogen-bond donors (Lipinski definition) is 1. The Bertz CT molecular complexity index is 1470. The smallest absolute Gasteiger partial charge is 0.272 e. The summed E-state index contributed by atoms with van der Waals surface area (Å²) in [6, 6.07) is 36.7. The predicted octanol–water partition coefficient (Wildman–Crippen LogP) is 6.64. The molecule has 38 heavy (non-hydrogen) atoms. The van der Waals surface area contributed by atoms with Crippen molar-refractivity contribution in [3.05, 3.63) is 132 Å². The third kappa shape index (κ3) is 5.20. The maximum absolute atomic E-state index is 14.2. The van der Waals surface area contributed by atoms with Crippen LogP contribution in [0, 0.1) is 0 Å². The van der Waals surface area contributed by atoms with Gasteiger partial charge in [0.2, 0.25) is 0 Å². The number of amides is 1. The molecule has 5 nitrogen and oxygen atoms in total. The second-order valence-electron chi connectivity index (χ2n) is 9.67. The van der Waals surface area contributed by atoms with Gasteiger partial charge in [-0.25, -0.2) is 0 Å². The number of para-hydroxylation sites is 1. The molecule has 0 fully saturated rings. The van der Waals surface area contributed by atoms with Gasteiger partial charge in [-0.05, 0) is 55.6 Å². The van der Waals surface area contributed by atoms with E-state index in [1.165, 1.54) is 0 Å². The molecule has 1 aromatic heterocycles. The third-order valence-electron chi connectivity index (χ3n) is 6.90. The van der Waals surface area contributed by atoms with Gasteiger partial charge in [-0.2, -0.15) is 0 Å². The van der Waals surface area contributed by atoms with Crippen LogP contribution in [-0.4, -0.2) is 43.1 Å². The fourth-order valence-corrected chi connectivity index (χ4v) is 5.08. The van der Waals surface area contributed by atoms with Gasteiger partial charge in [-0.1, -0.05) is 78.9 Å². The van der Waals surface area contributed by atoms with E-state index in [9.17, 15) is 4.79 Å². The number of fused-ring (bicyclic) bond motifs is 1. The first-order valence-corrected chi connectivity index (χ1v) is 12.9. The Kier molecular flexibility index (Phi) is 7.57. The molecule has 0 bridgehead atoms. The molecule has 0 radical (unpaired) electrons. The number of hydrogen-bond acceptors (Lipinski definition) is 3. The number of nitrogens with zero attached hydrogens (tertiary/aromatic N) is 2. The average molecular weight is 504 g/mol. The Morgan fingerprint density at radius 1 is 0.816 bits per heavy atom. The Morgan fingerprint density at radius 3 is 1.97 bits per heavy atom. The zero-order valence-corrected chi connectivity index (χ0v) is 22.1. The largest absolute Gasteiger partial charge is 0.497 e. The molecule has 4 aromatic carbocycles. The van der Waals surface area contributed by atoms with Crippen LogP contribution in [0.25, 0.3) is 10.9 Å². The Morgan fingerprint density at radius 2 is 1.39 bits per heavy atom. The van der Waals surface area contributed by atoms with Gasteiger partial charge in [0.05, 0.1) is 7.11 Å². The summed E-state index contributed by atoms with van der Waals surface area (Å²) >= 11 is 0. The Labute approximate surface area is 224 Å². The van der Waals surface area contributed by atoms with Crippen molar-refractivity contribution in [1.29, 1.82) is 0 Å². The monoisotopic (exact) mass is 503 g/mol. The molecule has 5 aromatic rings. The number of ether oxygens (including phenoxy) is 1. The van der Waals surface area contributed by atoms with Crippen LogP contribution in [-0.2, 0) is 6.54 Å². The normalized spacial score (nSPS) is 11.3. The number of likely N-dealkylation sites (N-methyl/N-ethyl adjacent to an activating group) is 1. The van der Waals surface area contributed by atoms with Crippen molar-refractivity contribution in [2.24, 2.45) is 0 Å². The van der Waals surface area contributed by atoms with Crippen molar-refractivity contribution in [3.8, 4) is 5.75 Å². The molecule has 1 amide bonds. The fourth-order valence-electron chi connectivity index (χ4n) is 5.08. The van der Waals surface area contributed by atoms with Crippen LogP contribution in [0.2, 0.25) is 0 Å². The lowest BCUT2D eigenvalue weighted by Gasteiger charge is -2.21. The van der Waals surface area contributed by atoms with E-state index in [4.69, 9.17) is 4.74 Å². The van der Waals surface area contributed by atoms with E-state index < -0.39 is 0 Å². The minimum Gasteiger partial charge on any atom is -0.497 e. The summed E-state index contributed by atoms with van der Waals surface area (Å²) in [4.78, 5) is 16.4. The van der Waals surface area contributed by atoms with Crippen LogP contribution in [0.4, 0.5) is 5.69 Å². The predicted molar refractivity (Wildman–Crippen MR) is 155 cm³/mol. The summed E-state index contributed by atoms with van der Waals surface area (Å²) in [5, 5.41) is 4.25. The van der Waals surface area contributed by atoms with E-state index in [0.717, 1.165) is 45.6 Å². The van der Waals surface area contributed by atoms with E-state index >= 15 is 0 Å². The molecule has 5 heteroatoms. The first kappa shape index (κ1) is 25.3. The highest BCUT2D eigenvalue weighted by Crippen LogP contribution is 2.40. The van der Waals surface area contributed by atoms with E-state index in [-0.39, 0.29) is 11.8 Å². The lowest BCUT2D eigenvalue weighted by molar-refractivity contribution is 0.101. The number of carbonyl (C=O) groups excluding carboxylic acids is 1. The van der Waals surface area contributed by atoms with Crippen molar-refractivity contribution < 1.29 is 9.53 Å². The molecule has 192 valence electrons. The van der Waals surface area contributed by atoms with Gasteiger partial charge in [-0.3, -0.25) is 4.79 Å². The van der Waals surface area contributed by atoms with Crippen LogP contribution in [0.5, 0.6) is 5.75 Å². The van der Waals surface area contributed by atoms with Crippen LogP contribution in [0.1, 0.15) is 33.1 Å². The summed E-state index contributed by atoms with van der Waals surface area (Å²) in [6.07, 6.45) is 0. The minimum atomic E-state index is -0.128. The van der Waals surface area contributed by atoms with Crippen molar-refractivity contribution in [3.63, 3.8) is 0 Å². The zero-order chi connectivity index (χ0) is 26.5. The summed E-state index contributed by atoms with van der Waals surface area (Å²) < 4.78 is 7.48. The van der Waals surface area contributed by atoms with E-state index in [1.807, 2.05) is 42.5 Å². The van der Waals surface area contributed by atoms with Gasteiger partial charge >= 0.3 is 0 Å². The molecule has 1 N–H and O–H groups in total. The molecule has 0 saturated heterocycles. The molecule has 0 aliphatic rings. The molecule has 0 atom stereocenters. The molecular weight excluding hydrogens is 470 g/mol. The second-order valence-corrected chi connectivity index (χ2v) is 9.67. The molecule has 0 spiro atoms. The number of anilines is 1. The number of methoxy groups -OCH3 is 1. The third-order valence-corrected chi connectivity index (χ3v) is 6.90. The first-order valence-electron chi connectivity index (χ1n) is 12.9. The molecule has 0 saturated carbocycles. The van der Waals surface area contributed by atoms with E-state index in [0.29, 0.717) is 12.2 Å². The summed E-state index contributed by atoms with van der Waals surface area (Å²) in [6.45, 7) is 1.50. The number of benzene rings is 4. The standard InChI is InChI=1S/C33H33N3O2/c1-35(2)22-23-36-29-17-11-10-16-28(29)31(32(36)33(37)34-26-18-20-27(38-3)21-19-26)30(24-12-6-4-7-13-24)25-14-8-5-9-15-25/h4-21,30H,22-23H2,1-3H3,(H,34,37). The van der Waals surface area contributed by atoms with Crippen molar-refractivity contribution >= 4 is 22.5 Å². The Hall–Kier alpha value is -4.35. The quantitative estimate of drug-likeness (QED) is 0.245. The van der Waals surface area contributed by atoms with Gasteiger partial charge in [0, 0.05) is 41.2 Å². The maximum atomic E-state index is 14.2. The average Bonchev–Trinajstić information content (AvgIpc) is 3.28. The van der Waals surface area contributed by atoms with E-state index in [2.05, 4.69) is 95.6 Å². The molecule has 5 rings (SSSR count). The van der Waals surface area contributed by atoms with Gasteiger partial charge in [0.15, 0.2) is 0 Å². The van der Waals surface area contributed by atoms with Crippen molar-refractivity contribution in [2.45, 2.75) is 12.5 Å². The van der Waals surface area contributed by atoms with Crippen LogP contribution >= 0.6 is 0 Å². The van der Waals surface area contributed by atoms with Gasteiger partial charge in [0.1, 0.15) is 11.4 Å². The minimum absolute atomic E-state index is 0.112. The van der Waals surface area contributed by atoms with Crippen LogP contribution in [0.15, 0.2) is 109 Å². The number of rotatable bonds is 9. The van der Waals surface area contributed by atoms with Gasteiger partial charge in [0.25, 0.3) is 5.91 Å². The number of nitrogens with one attached hydrogen (secondary N) is 1. The summed E-state index contributed by atoms with van der Waals surface area (Å²) in [7, 11) is 5.75. The van der Waals surface area contributed by atoms with Crippen LogP contribution < -0.4 is 10.1 Å². The van der Waals surface area contributed by atoms with Crippen molar-refractivity contribution in [2.75, 3.05) is 33.1 Å².